The minimum atomic E-state index is -0.588. The molecule has 21 heteroatoms. The third-order valence-electron chi connectivity index (χ3n) is 16.5. The zero-order valence-electron chi connectivity index (χ0n) is 49.8. The lowest BCUT2D eigenvalue weighted by atomic mass is 9.95. The number of ether oxygens (including phenoxy) is 6. The molecular formula is C69H67F3N6O12. The number of hydrogen-bond donors (Lipinski definition) is 3. The van der Waals surface area contributed by atoms with Gasteiger partial charge in [-0.15, -0.1) is 0 Å². The Labute approximate surface area is 516 Å². The molecule has 0 radical (unpaired) electrons. The molecule has 0 spiro atoms. The maximum atomic E-state index is 14.9. The summed E-state index contributed by atoms with van der Waals surface area (Å²) in [7, 11) is 0. The van der Waals surface area contributed by atoms with Gasteiger partial charge < -0.3 is 58.1 Å². The number of fused-ring (bicyclic) bond motifs is 3. The molecule has 1 unspecified atom stereocenters. The molecule has 0 bridgehead atoms. The third-order valence-corrected chi connectivity index (χ3v) is 16.5. The smallest absolute Gasteiger partial charge is 0.410 e. The van der Waals surface area contributed by atoms with Crippen molar-refractivity contribution >= 4 is 68.9 Å². The van der Waals surface area contributed by atoms with E-state index in [0.29, 0.717) is 64.4 Å². The molecule has 90 heavy (non-hydrogen) atoms. The van der Waals surface area contributed by atoms with Crippen molar-refractivity contribution in [3.63, 3.8) is 0 Å². The highest BCUT2D eigenvalue weighted by Crippen LogP contribution is 2.41. The van der Waals surface area contributed by atoms with Crippen molar-refractivity contribution in [2.45, 2.75) is 116 Å². The second kappa shape index (κ2) is 27.6. The predicted molar refractivity (Wildman–Crippen MR) is 327 cm³/mol. The molecule has 3 saturated heterocycles. The summed E-state index contributed by atoms with van der Waals surface area (Å²) in [5.74, 6) is -2.56. The number of aromatic nitrogens is 3. The first-order valence-corrected chi connectivity index (χ1v) is 29.8. The number of esters is 3. The van der Waals surface area contributed by atoms with E-state index in [9.17, 15) is 41.9 Å². The number of likely N-dealkylation sites (tertiary alicyclic amines) is 3. The van der Waals surface area contributed by atoms with Crippen LogP contribution in [0.4, 0.5) is 27.6 Å². The molecule has 3 N–H and O–H groups in total. The van der Waals surface area contributed by atoms with E-state index in [-0.39, 0.29) is 76.2 Å². The zero-order chi connectivity index (χ0) is 63.0. The Kier molecular flexibility index (Phi) is 18.9. The summed E-state index contributed by atoms with van der Waals surface area (Å²) >= 11 is 0. The Hall–Kier alpha value is -10.1. The quantitative estimate of drug-likeness (QED) is 0.0608. The maximum Gasteiger partial charge on any atom is 0.410 e. The fourth-order valence-corrected chi connectivity index (χ4v) is 12.6. The fourth-order valence-electron chi connectivity index (χ4n) is 12.6. The first-order chi connectivity index (χ1) is 43.5. The highest BCUT2D eigenvalue weighted by molar-refractivity contribution is 5.96. The second-order valence-electron chi connectivity index (χ2n) is 22.9. The number of nitrogens with zero attached hydrogens (tertiary/aromatic N) is 3. The molecule has 9 aromatic rings. The zero-order valence-corrected chi connectivity index (χ0v) is 49.8. The standard InChI is InChI=1S/C46H44F2N4O8.C23H23FN2O4/c1-27(53)59-35-19-33(51(23-35)45(55)57-25-29-9-5-3-6-10-29)21-39-37-15-13-31(47)17-41(37)49-43(39)44-40(38-16-14-32(48)18-42(38)50-44)22-34-20-36(60-28(2)54)24-52(34)46(56)58-26-30-11-7-4-8-12-30;1-15(27)30-20-11-19(9-17-12-25-22-10-18(24)7-8-21(17)22)26(13-20)23(28)29-14-16-5-3-2-4-6-16/h3-18,33-36,49-50H,19-26H2,1-2H3;2-8,10,12,19-20,25H,9,11,13-14H2,1H3/t33-,34?,35-,36-;19-,20+/m01/s1. The molecule has 466 valence electrons. The van der Waals surface area contributed by atoms with E-state index in [1.54, 1.807) is 32.9 Å². The lowest BCUT2D eigenvalue weighted by Gasteiger charge is -2.25. The van der Waals surface area contributed by atoms with Gasteiger partial charge in [0.2, 0.25) is 0 Å². The summed E-state index contributed by atoms with van der Waals surface area (Å²) in [6, 6.07) is 40.3. The van der Waals surface area contributed by atoms with Crippen molar-refractivity contribution in [3.8, 4) is 11.4 Å². The average Bonchev–Trinajstić information content (AvgIpc) is 1.73. The summed E-state index contributed by atoms with van der Waals surface area (Å²) in [5, 5.41) is 2.29. The van der Waals surface area contributed by atoms with Gasteiger partial charge in [0.1, 0.15) is 55.6 Å². The topological polar surface area (TPSA) is 215 Å². The minimum absolute atomic E-state index is 0.0457. The molecule has 6 atom stereocenters. The SMILES string of the molecule is CC(=O)O[C@H]1CC(Cc2c(-c3[nH]c4cc(F)ccc4c3C[C@@H]3C[C@H](OC(C)=O)CN3C(=O)OCc3ccccc3)[nH]c3cc(F)ccc23)N(C(=O)OCc2ccccc2)C1.CC(=O)O[C@H]1C[C@@H](Cc2c[nH]c3cc(F)ccc23)N(C(=O)OCc2ccccc2)C1. The summed E-state index contributed by atoms with van der Waals surface area (Å²) < 4.78 is 76.8. The normalized spacial score (nSPS) is 18.8. The number of H-pyrrole nitrogens is 3. The van der Waals surface area contributed by atoms with E-state index in [4.69, 9.17) is 28.4 Å². The molecule has 0 saturated carbocycles. The Balaban J connectivity index is 0.000000232. The van der Waals surface area contributed by atoms with Crippen LogP contribution in [0.3, 0.4) is 0 Å². The van der Waals surface area contributed by atoms with Crippen molar-refractivity contribution in [3.05, 3.63) is 203 Å². The molecular weight excluding hydrogens is 1160 g/mol. The van der Waals surface area contributed by atoms with Crippen molar-refractivity contribution in [2.24, 2.45) is 0 Å². The van der Waals surface area contributed by atoms with Crippen molar-refractivity contribution < 1.29 is 70.4 Å². The summed E-state index contributed by atoms with van der Waals surface area (Å²) in [6.07, 6.45) is 0.889. The van der Waals surface area contributed by atoms with Gasteiger partial charge in [0, 0.05) is 97.1 Å². The van der Waals surface area contributed by atoms with Crippen LogP contribution >= 0.6 is 0 Å². The van der Waals surface area contributed by atoms with Crippen LogP contribution in [-0.4, -0.2) is 122 Å². The molecule has 6 heterocycles. The van der Waals surface area contributed by atoms with E-state index < -0.39 is 66.1 Å². The Morgan fingerprint density at radius 2 is 0.767 bits per heavy atom. The molecule has 6 aromatic carbocycles. The molecule has 3 amide bonds. The van der Waals surface area contributed by atoms with Gasteiger partial charge in [0.15, 0.2) is 0 Å². The number of carbonyl (C=O) groups is 6. The minimum Gasteiger partial charge on any atom is -0.461 e. The first kappa shape index (κ1) is 61.6. The van der Waals surface area contributed by atoms with Crippen LogP contribution in [0.1, 0.15) is 73.4 Å². The highest BCUT2D eigenvalue weighted by Gasteiger charge is 2.42. The maximum absolute atomic E-state index is 14.9. The van der Waals surface area contributed by atoms with E-state index >= 15 is 0 Å². The number of nitrogens with one attached hydrogen (secondary N) is 3. The second-order valence-corrected chi connectivity index (χ2v) is 22.9. The molecule has 3 aliphatic rings. The Morgan fingerprint density at radius 1 is 0.433 bits per heavy atom. The van der Waals surface area contributed by atoms with Crippen LogP contribution in [0, 0.1) is 17.5 Å². The number of rotatable bonds is 16. The van der Waals surface area contributed by atoms with Crippen LogP contribution in [-0.2, 0) is 81.9 Å². The van der Waals surface area contributed by atoms with E-state index in [1.165, 1.54) is 57.2 Å². The fraction of sp³-hybridized carbons (Fsp3) is 0.304. The van der Waals surface area contributed by atoms with Gasteiger partial charge in [0.05, 0.1) is 31.0 Å². The molecule has 12 rings (SSSR count). The van der Waals surface area contributed by atoms with Gasteiger partial charge in [-0.1, -0.05) is 91.0 Å². The van der Waals surface area contributed by atoms with E-state index in [0.717, 1.165) is 38.8 Å². The molecule has 18 nitrogen and oxygen atoms in total. The van der Waals surface area contributed by atoms with Crippen LogP contribution < -0.4 is 0 Å². The number of benzene rings is 6. The van der Waals surface area contributed by atoms with Gasteiger partial charge in [0.25, 0.3) is 0 Å². The van der Waals surface area contributed by atoms with Crippen molar-refractivity contribution in [2.75, 3.05) is 19.6 Å². The largest absolute Gasteiger partial charge is 0.461 e. The van der Waals surface area contributed by atoms with Crippen LogP contribution in [0.15, 0.2) is 152 Å². The molecule has 0 aliphatic carbocycles. The monoisotopic (exact) mass is 1230 g/mol. The van der Waals surface area contributed by atoms with Gasteiger partial charge in [-0.3, -0.25) is 14.4 Å². The lowest BCUT2D eigenvalue weighted by Crippen LogP contribution is -2.38. The third kappa shape index (κ3) is 14.7. The van der Waals surface area contributed by atoms with Crippen molar-refractivity contribution in [1.82, 2.24) is 29.7 Å². The summed E-state index contributed by atoms with van der Waals surface area (Å²) in [6.45, 7) is 4.78. The van der Waals surface area contributed by atoms with Gasteiger partial charge in [-0.25, -0.2) is 27.6 Å². The number of aromatic amines is 3. The van der Waals surface area contributed by atoms with Gasteiger partial charge in [-0.05, 0) is 107 Å². The van der Waals surface area contributed by atoms with Gasteiger partial charge in [-0.2, -0.15) is 0 Å². The average molecular weight is 1230 g/mol. The van der Waals surface area contributed by atoms with Crippen LogP contribution in [0.2, 0.25) is 0 Å². The predicted octanol–water partition coefficient (Wildman–Crippen LogP) is 12.6. The van der Waals surface area contributed by atoms with Crippen LogP contribution in [0.5, 0.6) is 0 Å². The molecule has 3 aliphatic heterocycles. The highest BCUT2D eigenvalue weighted by atomic mass is 19.1. The Bertz CT molecular complexity index is 3890. The number of halogens is 3. The van der Waals surface area contributed by atoms with Crippen molar-refractivity contribution in [1.29, 1.82) is 0 Å². The molecule has 3 fully saturated rings. The van der Waals surface area contributed by atoms with E-state index in [1.807, 2.05) is 97.2 Å². The van der Waals surface area contributed by atoms with Crippen LogP contribution in [0.25, 0.3) is 44.1 Å². The summed E-state index contributed by atoms with van der Waals surface area (Å²) in [4.78, 5) is 90.6. The number of amides is 3. The van der Waals surface area contributed by atoms with E-state index in [2.05, 4.69) is 15.0 Å². The Morgan fingerprint density at radius 3 is 1.12 bits per heavy atom. The number of hydrogen-bond acceptors (Lipinski definition) is 12. The first-order valence-electron chi connectivity index (χ1n) is 29.8. The lowest BCUT2D eigenvalue weighted by molar-refractivity contribution is -0.146. The summed E-state index contributed by atoms with van der Waals surface area (Å²) in [5.41, 5.74) is 7.79. The van der Waals surface area contributed by atoms with Gasteiger partial charge >= 0.3 is 36.2 Å². The molecule has 3 aromatic heterocycles. The number of carbonyl (C=O) groups excluding carboxylic acids is 6.